The van der Waals surface area contributed by atoms with Crippen LogP contribution in [0, 0.1) is 0 Å². The van der Waals surface area contributed by atoms with Crippen LogP contribution in [0.25, 0.3) is 0 Å². The molecule has 1 aliphatic rings. The number of rotatable bonds is 1. The normalized spacial score (nSPS) is 29.6. The van der Waals surface area contributed by atoms with Gasteiger partial charge in [0.05, 0.1) is 0 Å². The third kappa shape index (κ3) is 1.98. The van der Waals surface area contributed by atoms with Crippen molar-refractivity contribution in [3.8, 4) is 0 Å². The Kier molecular flexibility index (Phi) is 2.98. The van der Waals surface area contributed by atoms with E-state index in [4.69, 9.17) is 4.74 Å². The SMILES string of the molecule is CC1OC(N(C)C)=NC1CI. The Morgan fingerprint density at radius 3 is 2.55 bits per heavy atom. The molecule has 0 aromatic heterocycles. The number of aliphatic imine (C=N–C) groups is 1. The zero-order valence-electron chi connectivity index (χ0n) is 7.04. The molecule has 1 heterocycles. The highest BCUT2D eigenvalue weighted by molar-refractivity contribution is 14.1. The second kappa shape index (κ2) is 3.60. The van der Waals surface area contributed by atoms with Gasteiger partial charge in [0.15, 0.2) is 0 Å². The molecule has 0 bridgehead atoms. The van der Waals surface area contributed by atoms with E-state index < -0.39 is 0 Å². The second-order valence-electron chi connectivity index (χ2n) is 2.85. The lowest BCUT2D eigenvalue weighted by atomic mass is 10.2. The monoisotopic (exact) mass is 268 g/mol. The zero-order valence-corrected chi connectivity index (χ0v) is 9.20. The number of halogens is 1. The molecule has 11 heavy (non-hydrogen) atoms. The summed E-state index contributed by atoms with van der Waals surface area (Å²) in [6.45, 7) is 2.06. The lowest BCUT2D eigenvalue weighted by Gasteiger charge is -2.13. The molecule has 2 atom stereocenters. The van der Waals surface area contributed by atoms with Crippen molar-refractivity contribution in [1.82, 2.24) is 4.90 Å². The molecule has 4 heteroatoms. The number of ether oxygens (including phenoxy) is 1. The van der Waals surface area contributed by atoms with E-state index in [-0.39, 0.29) is 6.10 Å². The van der Waals surface area contributed by atoms with Gasteiger partial charge in [-0.2, -0.15) is 0 Å². The third-order valence-electron chi connectivity index (χ3n) is 1.65. The fourth-order valence-electron chi connectivity index (χ4n) is 0.903. The summed E-state index contributed by atoms with van der Waals surface area (Å²) in [7, 11) is 3.89. The van der Waals surface area contributed by atoms with Crippen molar-refractivity contribution in [3.63, 3.8) is 0 Å². The molecule has 1 rings (SSSR count). The number of hydrogen-bond acceptors (Lipinski definition) is 3. The molecule has 64 valence electrons. The van der Waals surface area contributed by atoms with Gasteiger partial charge in [-0.15, -0.1) is 0 Å². The quantitative estimate of drug-likeness (QED) is 0.526. The Morgan fingerprint density at radius 1 is 1.64 bits per heavy atom. The lowest BCUT2D eigenvalue weighted by molar-refractivity contribution is 0.195. The lowest BCUT2D eigenvalue weighted by Crippen LogP contribution is -2.24. The number of alkyl halides is 1. The summed E-state index contributed by atoms with van der Waals surface area (Å²) < 4.78 is 6.52. The molecule has 0 saturated carbocycles. The predicted octanol–water partition coefficient (Wildman–Crippen LogP) is 1.13. The Morgan fingerprint density at radius 2 is 2.27 bits per heavy atom. The molecule has 0 aromatic carbocycles. The number of amidine groups is 1. The van der Waals surface area contributed by atoms with Crippen molar-refractivity contribution in [2.24, 2.45) is 4.99 Å². The van der Waals surface area contributed by atoms with E-state index in [1.807, 2.05) is 19.0 Å². The van der Waals surface area contributed by atoms with Crippen molar-refractivity contribution in [1.29, 1.82) is 0 Å². The molecule has 2 unspecified atom stereocenters. The fraction of sp³-hybridized carbons (Fsp3) is 0.857. The molecular formula is C7H13IN2O. The first-order valence-corrected chi connectivity index (χ1v) is 5.15. The standard InChI is InChI=1S/C7H13IN2O/c1-5-6(4-8)9-7(11-5)10(2)3/h5-6H,4H2,1-3H3. The van der Waals surface area contributed by atoms with Crippen LogP contribution in [0.3, 0.4) is 0 Å². The van der Waals surface area contributed by atoms with E-state index in [9.17, 15) is 0 Å². The minimum Gasteiger partial charge on any atom is -0.460 e. The Balaban J connectivity index is 2.59. The van der Waals surface area contributed by atoms with Crippen LogP contribution in [-0.4, -0.2) is 41.6 Å². The van der Waals surface area contributed by atoms with Crippen LogP contribution < -0.4 is 0 Å². The van der Waals surface area contributed by atoms with Crippen LogP contribution in [0.1, 0.15) is 6.92 Å². The van der Waals surface area contributed by atoms with Crippen molar-refractivity contribution in [3.05, 3.63) is 0 Å². The van der Waals surface area contributed by atoms with Gasteiger partial charge in [0.25, 0.3) is 6.02 Å². The Hall–Kier alpha value is 0. The van der Waals surface area contributed by atoms with E-state index in [1.54, 1.807) is 0 Å². The summed E-state index contributed by atoms with van der Waals surface area (Å²) in [5, 5.41) is 0. The number of hydrogen-bond donors (Lipinski definition) is 0. The molecule has 0 saturated heterocycles. The smallest absolute Gasteiger partial charge is 0.287 e. The highest BCUT2D eigenvalue weighted by atomic mass is 127. The van der Waals surface area contributed by atoms with Gasteiger partial charge in [0, 0.05) is 18.5 Å². The van der Waals surface area contributed by atoms with Gasteiger partial charge in [-0.3, -0.25) is 0 Å². The fourth-order valence-corrected chi connectivity index (χ4v) is 1.82. The summed E-state index contributed by atoms with van der Waals surface area (Å²) in [5.74, 6) is 0. The molecular weight excluding hydrogens is 255 g/mol. The van der Waals surface area contributed by atoms with Gasteiger partial charge >= 0.3 is 0 Å². The van der Waals surface area contributed by atoms with E-state index >= 15 is 0 Å². The van der Waals surface area contributed by atoms with E-state index in [0.29, 0.717) is 6.04 Å². The average molecular weight is 268 g/mol. The molecule has 3 nitrogen and oxygen atoms in total. The van der Waals surface area contributed by atoms with Gasteiger partial charge in [0.1, 0.15) is 12.1 Å². The van der Waals surface area contributed by atoms with E-state index in [0.717, 1.165) is 10.4 Å². The number of nitrogens with zero attached hydrogens (tertiary/aromatic N) is 2. The van der Waals surface area contributed by atoms with Gasteiger partial charge in [-0.1, -0.05) is 22.6 Å². The molecule has 0 fully saturated rings. The van der Waals surface area contributed by atoms with Gasteiger partial charge in [0.2, 0.25) is 0 Å². The first kappa shape index (κ1) is 9.09. The summed E-state index contributed by atoms with van der Waals surface area (Å²) in [5.41, 5.74) is 0. The molecule has 0 amide bonds. The maximum atomic E-state index is 5.50. The molecule has 0 aromatic rings. The highest BCUT2D eigenvalue weighted by Crippen LogP contribution is 2.15. The topological polar surface area (TPSA) is 24.8 Å². The minimum absolute atomic E-state index is 0.240. The van der Waals surface area contributed by atoms with E-state index in [2.05, 4.69) is 34.5 Å². The Bertz CT molecular complexity index is 170. The molecule has 0 spiro atoms. The minimum atomic E-state index is 0.240. The summed E-state index contributed by atoms with van der Waals surface area (Å²) in [4.78, 5) is 6.31. The van der Waals surface area contributed by atoms with Gasteiger partial charge < -0.3 is 9.64 Å². The largest absolute Gasteiger partial charge is 0.460 e. The predicted molar refractivity (Wildman–Crippen MR) is 54.3 cm³/mol. The van der Waals surface area contributed by atoms with E-state index in [1.165, 1.54) is 0 Å². The van der Waals surface area contributed by atoms with Crippen LogP contribution in [-0.2, 0) is 4.74 Å². The van der Waals surface area contributed by atoms with Crippen LogP contribution in [0.15, 0.2) is 4.99 Å². The van der Waals surface area contributed by atoms with Crippen molar-refractivity contribution in [2.45, 2.75) is 19.1 Å². The van der Waals surface area contributed by atoms with Crippen molar-refractivity contribution < 1.29 is 4.74 Å². The third-order valence-corrected chi connectivity index (χ3v) is 2.55. The maximum Gasteiger partial charge on any atom is 0.287 e. The summed E-state index contributed by atoms with van der Waals surface area (Å²) >= 11 is 2.33. The van der Waals surface area contributed by atoms with Crippen LogP contribution in [0.4, 0.5) is 0 Å². The zero-order chi connectivity index (χ0) is 8.43. The first-order chi connectivity index (χ1) is 5.15. The van der Waals surface area contributed by atoms with Crippen LogP contribution >= 0.6 is 22.6 Å². The maximum absolute atomic E-state index is 5.50. The molecule has 1 aliphatic heterocycles. The summed E-state index contributed by atoms with van der Waals surface area (Å²) in [6, 6.07) is 1.10. The highest BCUT2D eigenvalue weighted by Gasteiger charge is 2.26. The molecule has 0 radical (unpaired) electrons. The van der Waals surface area contributed by atoms with Gasteiger partial charge in [-0.25, -0.2) is 4.99 Å². The van der Waals surface area contributed by atoms with Crippen LogP contribution in [0.2, 0.25) is 0 Å². The van der Waals surface area contributed by atoms with Gasteiger partial charge in [-0.05, 0) is 6.92 Å². The second-order valence-corrected chi connectivity index (χ2v) is 3.73. The first-order valence-electron chi connectivity index (χ1n) is 3.63. The molecule has 0 N–H and O–H groups in total. The average Bonchev–Trinajstić information content (AvgIpc) is 2.31. The summed E-state index contributed by atoms with van der Waals surface area (Å²) in [6.07, 6.45) is 0.240. The van der Waals surface area contributed by atoms with Crippen molar-refractivity contribution in [2.75, 3.05) is 18.5 Å². The van der Waals surface area contributed by atoms with Crippen molar-refractivity contribution >= 4 is 28.6 Å². The Labute approximate surface area is 81.0 Å². The van der Waals surface area contributed by atoms with Crippen LogP contribution in [0.5, 0.6) is 0 Å². The molecule has 0 aliphatic carbocycles.